The molecule has 1 aromatic carbocycles. The van der Waals surface area contributed by atoms with E-state index < -0.39 is 16.1 Å². The van der Waals surface area contributed by atoms with Gasteiger partial charge in [-0.25, -0.2) is 8.42 Å². The molecule has 0 saturated carbocycles. The van der Waals surface area contributed by atoms with Crippen molar-refractivity contribution in [1.82, 2.24) is 9.21 Å². The van der Waals surface area contributed by atoms with Crippen molar-refractivity contribution in [3.05, 3.63) is 23.8 Å². The summed E-state index contributed by atoms with van der Waals surface area (Å²) in [6.45, 7) is 2.77. The quantitative estimate of drug-likeness (QED) is 0.635. The lowest BCUT2D eigenvalue weighted by Crippen LogP contribution is -2.47. The number of carbonyl (C=O) groups excluding carboxylic acids is 1. The SMILES string of the molecule is CCCS(=O)(=O)N1CCCC1C(=O)N(C)CCc1ccc(OC)c(OC)c1. The topological polar surface area (TPSA) is 76.2 Å². The van der Waals surface area contributed by atoms with Gasteiger partial charge in [0, 0.05) is 20.1 Å². The summed E-state index contributed by atoms with van der Waals surface area (Å²) in [4.78, 5) is 14.5. The lowest BCUT2D eigenvalue weighted by Gasteiger charge is -2.27. The smallest absolute Gasteiger partial charge is 0.240 e. The number of hydrogen-bond acceptors (Lipinski definition) is 5. The van der Waals surface area contributed by atoms with Crippen molar-refractivity contribution in [3.8, 4) is 11.5 Å². The van der Waals surface area contributed by atoms with Crippen LogP contribution in [0.4, 0.5) is 0 Å². The largest absolute Gasteiger partial charge is 0.493 e. The van der Waals surface area contributed by atoms with Gasteiger partial charge < -0.3 is 14.4 Å². The number of methoxy groups -OCH3 is 2. The summed E-state index contributed by atoms with van der Waals surface area (Å²) in [5.74, 6) is 1.27. The van der Waals surface area contributed by atoms with Crippen molar-refractivity contribution < 1.29 is 22.7 Å². The summed E-state index contributed by atoms with van der Waals surface area (Å²) >= 11 is 0. The Bertz CT molecular complexity index is 750. The highest BCUT2D eigenvalue weighted by atomic mass is 32.2. The van der Waals surface area contributed by atoms with E-state index in [2.05, 4.69) is 0 Å². The molecule has 27 heavy (non-hydrogen) atoms. The average Bonchev–Trinajstić information content (AvgIpc) is 3.16. The van der Waals surface area contributed by atoms with Crippen molar-refractivity contribution in [2.75, 3.05) is 40.1 Å². The highest BCUT2D eigenvalue weighted by molar-refractivity contribution is 7.89. The second kappa shape index (κ2) is 9.41. The molecule has 1 unspecified atom stereocenters. The van der Waals surface area contributed by atoms with Gasteiger partial charge in [0.15, 0.2) is 11.5 Å². The van der Waals surface area contributed by atoms with Gasteiger partial charge in [0.2, 0.25) is 15.9 Å². The molecule has 0 bridgehead atoms. The van der Waals surface area contributed by atoms with Crippen LogP contribution in [0.1, 0.15) is 31.7 Å². The standard InChI is InChI=1S/C19H30N2O5S/c1-5-13-27(23,24)21-11-6-7-16(21)19(22)20(2)12-10-15-8-9-17(25-3)18(14-15)26-4/h8-9,14,16H,5-7,10-13H2,1-4H3. The Kier molecular flexibility index (Phi) is 7.49. The van der Waals surface area contributed by atoms with Crippen molar-refractivity contribution in [1.29, 1.82) is 0 Å². The zero-order chi connectivity index (χ0) is 20.0. The highest BCUT2D eigenvalue weighted by Crippen LogP contribution is 2.28. The highest BCUT2D eigenvalue weighted by Gasteiger charge is 2.39. The van der Waals surface area contributed by atoms with Gasteiger partial charge in [-0.2, -0.15) is 4.31 Å². The van der Waals surface area contributed by atoms with Crippen LogP contribution in [0, 0.1) is 0 Å². The number of rotatable bonds is 9. The van der Waals surface area contributed by atoms with Crippen LogP contribution < -0.4 is 9.47 Å². The zero-order valence-electron chi connectivity index (χ0n) is 16.6. The molecule has 1 aliphatic rings. The van der Waals surface area contributed by atoms with Crippen LogP contribution in [0.15, 0.2) is 18.2 Å². The summed E-state index contributed by atoms with van der Waals surface area (Å²) in [6, 6.07) is 5.10. The summed E-state index contributed by atoms with van der Waals surface area (Å²) in [6.07, 6.45) is 2.51. The van der Waals surface area contributed by atoms with Gasteiger partial charge in [0.1, 0.15) is 6.04 Å². The summed E-state index contributed by atoms with van der Waals surface area (Å²) < 4.78 is 36.8. The van der Waals surface area contributed by atoms with E-state index in [0.717, 1.165) is 12.0 Å². The summed E-state index contributed by atoms with van der Waals surface area (Å²) in [5, 5.41) is 0. The van der Waals surface area contributed by atoms with Crippen LogP contribution in [0.3, 0.4) is 0 Å². The maximum atomic E-state index is 12.8. The maximum absolute atomic E-state index is 12.8. The minimum Gasteiger partial charge on any atom is -0.493 e. The fourth-order valence-corrected chi connectivity index (χ4v) is 5.13. The Labute approximate surface area is 162 Å². The average molecular weight is 399 g/mol. The van der Waals surface area contributed by atoms with Gasteiger partial charge in [-0.1, -0.05) is 13.0 Å². The Balaban J connectivity index is 2.01. The number of hydrogen-bond donors (Lipinski definition) is 0. The van der Waals surface area contributed by atoms with Crippen molar-refractivity contribution in [3.63, 3.8) is 0 Å². The van der Waals surface area contributed by atoms with E-state index in [1.807, 2.05) is 25.1 Å². The third-order valence-corrected chi connectivity index (χ3v) is 6.94. The van der Waals surface area contributed by atoms with Gasteiger partial charge in [-0.15, -0.1) is 0 Å². The third kappa shape index (κ3) is 5.13. The van der Waals surface area contributed by atoms with Gasteiger partial charge in [-0.3, -0.25) is 4.79 Å². The van der Waals surface area contributed by atoms with Gasteiger partial charge in [0.05, 0.1) is 20.0 Å². The Morgan fingerprint density at radius 2 is 1.96 bits per heavy atom. The van der Waals surface area contributed by atoms with Crippen LogP contribution in [-0.4, -0.2) is 69.7 Å². The molecule has 1 atom stereocenters. The maximum Gasteiger partial charge on any atom is 0.240 e. The number of nitrogens with zero attached hydrogens (tertiary/aromatic N) is 2. The second-order valence-electron chi connectivity index (χ2n) is 6.78. The molecule has 8 heteroatoms. The third-order valence-electron chi connectivity index (χ3n) is 4.87. The Morgan fingerprint density at radius 3 is 2.59 bits per heavy atom. The molecule has 1 heterocycles. The zero-order valence-corrected chi connectivity index (χ0v) is 17.4. The van der Waals surface area contributed by atoms with E-state index in [0.29, 0.717) is 43.9 Å². The normalized spacial score (nSPS) is 17.7. The minimum absolute atomic E-state index is 0.0894. The number of amides is 1. The number of likely N-dealkylation sites (N-methyl/N-ethyl adjacent to an activating group) is 1. The van der Waals surface area contributed by atoms with Gasteiger partial charge in [0.25, 0.3) is 0 Å². The van der Waals surface area contributed by atoms with Crippen LogP contribution in [0.2, 0.25) is 0 Å². The number of benzene rings is 1. The van der Waals surface area contributed by atoms with Crippen molar-refractivity contribution in [2.45, 2.75) is 38.6 Å². The summed E-state index contributed by atoms with van der Waals surface area (Å²) in [7, 11) is 1.54. The first-order valence-electron chi connectivity index (χ1n) is 9.29. The molecule has 1 saturated heterocycles. The monoisotopic (exact) mass is 398 g/mol. The molecular formula is C19H30N2O5S. The lowest BCUT2D eigenvalue weighted by molar-refractivity contribution is -0.133. The molecule has 0 spiro atoms. The molecule has 0 N–H and O–H groups in total. The minimum atomic E-state index is -3.37. The first kappa shape index (κ1) is 21.5. The number of ether oxygens (including phenoxy) is 2. The van der Waals surface area contributed by atoms with E-state index >= 15 is 0 Å². The molecule has 0 aliphatic carbocycles. The second-order valence-corrected chi connectivity index (χ2v) is 8.82. The number of sulfonamides is 1. The molecule has 1 amide bonds. The van der Waals surface area contributed by atoms with Crippen molar-refractivity contribution in [2.24, 2.45) is 0 Å². The molecule has 152 valence electrons. The molecule has 1 aromatic rings. The van der Waals surface area contributed by atoms with E-state index in [1.54, 1.807) is 26.2 Å². The van der Waals surface area contributed by atoms with Gasteiger partial charge in [-0.05, 0) is 43.4 Å². The van der Waals surface area contributed by atoms with Gasteiger partial charge >= 0.3 is 0 Å². The lowest BCUT2D eigenvalue weighted by atomic mass is 10.1. The fraction of sp³-hybridized carbons (Fsp3) is 0.632. The Morgan fingerprint density at radius 1 is 1.26 bits per heavy atom. The molecule has 1 aliphatic heterocycles. The van der Waals surface area contributed by atoms with E-state index in [1.165, 1.54) is 4.31 Å². The number of carbonyl (C=O) groups is 1. The predicted octanol–water partition coefficient (Wildman–Crippen LogP) is 1.91. The fourth-order valence-electron chi connectivity index (χ4n) is 3.39. The summed E-state index contributed by atoms with van der Waals surface area (Å²) in [5.41, 5.74) is 1.02. The van der Waals surface area contributed by atoms with Crippen LogP contribution >= 0.6 is 0 Å². The van der Waals surface area contributed by atoms with E-state index in [9.17, 15) is 13.2 Å². The first-order valence-corrected chi connectivity index (χ1v) is 10.9. The molecule has 0 radical (unpaired) electrons. The molecule has 0 aromatic heterocycles. The van der Waals surface area contributed by atoms with Crippen LogP contribution in [0.25, 0.3) is 0 Å². The van der Waals surface area contributed by atoms with E-state index in [-0.39, 0.29) is 11.7 Å². The molecule has 1 fully saturated rings. The molecule has 7 nitrogen and oxygen atoms in total. The predicted molar refractivity (Wildman–Crippen MR) is 105 cm³/mol. The van der Waals surface area contributed by atoms with Crippen LogP contribution in [-0.2, 0) is 21.2 Å². The first-order chi connectivity index (χ1) is 12.8. The Hall–Kier alpha value is -1.80. The molecule has 2 rings (SSSR count). The van der Waals surface area contributed by atoms with Crippen molar-refractivity contribution >= 4 is 15.9 Å². The van der Waals surface area contributed by atoms with Crippen LogP contribution in [0.5, 0.6) is 11.5 Å². The molecular weight excluding hydrogens is 368 g/mol. The van der Waals surface area contributed by atoms with E-state index in [4.69, 9.17) is 9.47 Å².